The fourth-order valence-corrected chi connectivity index (χ4v) is 4.25. The summed E-state index contributed by atoms with van der Waals surface area (Å²) in [6.45, 7) is 5.69. The van der Waals surface area contributed by atoms with Crippen molar-refractivity contribution in [3.8, 4) is 0 Å². The van der Waals surface area contributed by atoms with Gasteiger partial charge in [-0.05, 0) is 44.1 Å². The Bertz CT molecular complexity index is 619. The zero-order chi connectivity index (χ0) is 18.4. The summed E-state index contributed by atoms with van der Waals surface area (Å²) in [7, 11) is 0. The first-order chi connectivity index (χ1) is 12.6. The number of rotatable bonds is 6. The highest BCUT2D eigenvalue weighted by atomic mass is 16.2. The Morgan fingerprint density at radius 2 is 2.00 bits per heavy atom. The minimum atomic E-state index is -0.339. The van der Waals surface area contributed by atoms with Crippen molar-refractivity contribution in [1.82, 2.24) is 15.1 Å². The van der Waals surface area contributed by atoms with Gasteiger partial charge in [0.15, 0.2) is 0 Å². The molecule has 0 bridgehead atoms. The molecule has 0 saturated carbocycles. The molecule has 2 saturated heterocycles. The molecule has 2 aliphatic heterocycles. The van der Waals surface area contributed by atoms with Crippen LogP contribution in [0.1, 0.15) is 44.6 Å². The molecule has 1 spiro atoms. The van der Waals surface area contributed by atoms with Crippen LogP contribution in [0, 0.1) is 5.41 Å². The van der Waals surface area contributed by atoms with Crippen molar-refractivity contribution in [1.29, 1.82) is 0 Å². The molecule has 1 atom stereocenters. The normalized spacial score (nSPS) is 22.9. The summed E-state index contributed by atoms with van der Waals surface area (Å²) in [6, 6.07) is 10.4. The third-order valence-corrected chi connectivity index (χ3v) is 5.73. The summed E-state index contributed by atoms with van der Waals surface area (Å²) in [6.07, 6.45) is 5.69. The molecule has 3 amide bonds. The molecule has 26 heavy (non-hydrogen) atoms. The quantitative estimate of drug-likeness (QED) is 0.851. The Kier molecular flexibility index (Phi) is 6.17. The summed E-state index contributed by atoms with van der Waals surface area (Å²) in [5, 5.41) is 2.94. The maximum Gasteiger partial charge on any atom is 0.317 e. The second kappa shape index (κ2) is 8.56. The van der Waals surface area contributed by atoms with Gasteiger partial charge in [-0.15, -0.1) is 0 Å². The largest absolute Gasteiger partial charge is 0.342 e. The molecule has 2 heterocycles. The molecule has 3 rings (SSSR count). The third kappa shape index (κ3) is 4.19. The zero-order valence-electron chi connectivity index (χ0n) is 15.9. The molecule has 1 N–H and O–H groups in total. The van der Waals surface area contributed by atoms with Crippen molar-refractivity contribution in [2.24, 2.45) is 5.41 Å². The van der Waals surface area contributed by atoms with Gasteiger partial charge < -0.3 is 15.1 Å². The van der Waals surface area contributed by atoms with Gasteiger partial charge in [0.05, 0.1) is 5.41 Å². The summed E-state index contributed by atoms with van der Waals surface area (Å²) in [5.74, 6) is 0.266. The number of hydrogen-bond donors (Lipinski definition) is 1. The van der Waals surface area contributed by atoms with Gasteiger partial charge in [-0.1, -0.05) is 37.3 Å². The molecular formula is C21H31N3O2. The summed E-state index contributed by atoms with van der Waals surface area (Å²) in [5.41, 5.74) is 0.987. The van der Waals surface area contributed by atoms with E-state index in [0.29, 0.717) is 19.6 Å². The van der Waals surface area contributed by atoms with Crippen LogP contribution in [0.5, 0.6) is 0 Å². The van der Waals surface area contributed by atoms with Gasteiger partial charge in [-0.3, -0.25) is 4.79 Å². The number of nitrogens with zero attached hydrogens (tertiary/aromatic N) is 2. The lowest BCUT2D eigenvalue weighted by Gasteiger charge is -2.39. The molecule has 0 aliphatic carbocycles. The Morgan fingerprint density at radius 3 is 2.77 bits per heavy atom. The molecule has 1 aromatic carbocycles. The number of carbonyl (C=O) groups is 2. The molecule has 0 aromatic heterocycles. The van der Waals surface area contributed by atoms with E-state index < -0.39 is 0 Å². The van der Waals surface area contributed by atoms with Gasteiger partial charge in [0.25, 0.3) is 0 Å². The van der Waals surface area contributed by atoms with E-state index in [4.69, 9.17) is 0 Å². The van der Waals surface area contributed by atoms with Gasteiger partial charge in [-0.2, -0.15) is 0 Å². The van der Waals surface area contributed by atoms with Crippen LogP contribution in [-0.4, -0.2) is 54.5 Å². The zero-order valence-corrected chi connectivity index (χ0v) is 15.9. The van der Waals surface area contributed by atoms with Crippen LogP contribution in [0.15, 0.2) is 30.3 Å². The highest BCUT2D eigenvalue weighted by molar-refractivity contribution is 5.85. The first-order valence-corrected chi connectivity index (χ1v) is 10.0. The van der Waals surface area contributed by atoms with Crippen LogP contribution in [0.25, 0.3) is 0 Å². The van der Waals surface area contributed by atoms with Crippen LogP contribution >= 0.6 is 0 Å². The van der Waals surface area contributed by atoms with Crippen molar-refractivity contribution in [3.05, 3.63) is 35.9 Å². The van der Waals surface area contributed by atoms with Gasteiger partial charge >= 0.3 is 6.03 Å². The fraction of sp³-hybridized carbons (Fsp3) is 0.619. The highest BCUT2D eigenvalue weighted by Crippen LogP contribution is 2.40. The van der Waals surface area contributed by atoms with Crippen molar-refractivity contribution >= 4 is 11.9 Å². The van der Waals surface area contributed by atoms with E-state index in [1.165, 1.54) is 5.56 Å². The Balaban J connectivity index is 1.53. The second-order valence-electron chi connectivity index (χ2n) is 7.67. The number of urea groups is 1. The number of benzene rings is 1. The van der Waals surface area contributed by atoms with Crippen LogP contribution in [-0.2, 0) is 11.2 Å². The van der Waals surface area contributed by atoms with Gasteiger partial charge in [0, 0.05) is 32.7 Å². The topological polar surface area (TPSA) is 52.7 Å². The molecule has 142 valence electrons. The van der Waals surface area contributed by atoms with E-state index in [-0.39, 0.29) is 17.4 Å². The van der Waals surface area contributed by atoms with E-state index in [0.717, 1.165) is 51.6 Å². The Labute approximate surface area is 156 Å². The highest BCUT2D eigenvalue weighted by Gasteiger charge is 2.49. The van der Waals surface area contributed by atoms with Gasteiger partial charge in [-0.25, -0.2) is 4.79 Å². The lowest BCUT2D eigenvalue weighted by atomic mass is 9.78. The molecule has 5 heteroatoms. The number of likely N-dealkylation sites (tertiary alicyclic amines) is 2. The fourth-order valence-electron chi connectivity index (χ4n) is 4.25. The van der Waals surface area contributed by atoms with Gasteiger partial charge in [0.1, 0.15) is 0 Å². The van der Waals surface area contributed by atoms with Crippen LogP contribution < -0.4 is 5.32 Å². The van der Waals surface area contributed by atoms with Crippen LogP contribution in [0.2, 0.25) is 0 Å². The maximum absolute atomic E-state index is 13.1. The van der Waals surface area contributed by atoms with E-state index in [9.17, 15) is 9.59 Å². The molecule has 2 fully saturated rings. The first kappa shape index (κ1) is 18.7. The molecule has 0 radical (unpaired) electrons. The molecular weight excluding hydrogens is 326 g/mol. The lowest BCUT2D eigenvalue weighted by molar-refractivity contribution is -0.145. The average molecular weight is 357 g/mol. The molecule has 1 aromatic rings. The average Bonchev–Trinajstić information content (AvgIpc) is 3.09. The number of hydrogen-bond acceptors (Lipinski definition) is 2. The number of amides is 3. The predicted octanol–water partition coefficient (Wildman–Crippen LogP) is 3.05. The van der Waals surface area contributed by atoms with E-state index in [2.05, 4.69) is 29.6 Å². The van der Waals surface area contributed by atoms with Gasteiger partial charge in [0.2, 0.25) is 5.91 Å². The van der Waals surface area contributed by atoms with E-state index in [1.807, 2.05) is 22.8 Å². The summed E-state index contributed by atoms with van der Waals surface area (Å²) >= 11 is 0. The Hall–Kier alpha value is -2.04. The SMILES string of the molecule is CCCNC(=O)N1CCC2(CCCN(CCCc3ccccc3)C2=O)C1. The predicted molar refractivity (Wildman–Crippen MR) is 103 cm³/mol. The summed E-state index contributed by atoms with van der Waals surface area (Å²) < 4.78 is 0. The van der Waals surface area contributed by atoms with E-state index in [1.54, 1.807) is 0 Å². The minimum absolute atomic E-state index is 0.0160. The maximum atomic E-state index is 13.1. The monoisotopic (exact) mass is 357 g/mol. The second-order valence-corrected chi connectivity index (χ2v) is 7.67. The smallest absolute Gasteiger partial charge is 0.317 e. The van der Waals surface area contributed by atoms with Crippen LogP contribution in [0.3, 0.4) is 0 Å². The minimum Gasteiger partial charge on any atom is -0.342 e. The van der Waals surface area contributed by atoms with Crippen molar-refractivity contribution < 1.29 is 9.59 Å². The summed E-state index contributed by atoms with van der Waals surface area (Å²) in [4.78, 5) is 29.3. The lowest BCUT2D eigenvalue weighted by Crippen LogP contribution is -2.51. The molecule has 5 nitrogen and oxygen atoms in total. The molecule has 1 unspecified atom stereocenters. The standard InChI is InChI=1S/C21H31N3O2/c1-2-13-22-20(26)24-16-12-21(17-24)11-7-15-23(19(21)25)14-6-10-18-8-4-3-5-9-18/h3-5,8-9H,2,6-7,10-17H2,1H3,(H,22,26). The van der Waals surface area contributed by atoms with E-state index >= 15 is 0 Å². The number of nitrogens with one attached hydrogen (secondary N) is 1. The number of carbonyl (C=O) groups excluding carboxylic acids is 2. The van der Waals surface area contributed by atoms with Crippen LogP contribution in [0.4, 0.5) is 4.79 Å². The molecule has 2 aliphatic rings. The van der Waals surface area contributed by atoms with Crippen molar-refractivity contribution in [2.45, 2.75) is 45.4 Å². The number of aryl methyl sites for hydroxylation is 1. The third-order valence-electron chi connectivity index (χ3n) is 5.73. The number of piperidine rings is 1. The van der Waals surface area contributed by atoms with Crippen molar-refractivity contribution in [3.63, 3.8) is 0 Å². The first-order valence-electron chi connectivity index (χ1n) is 10.0. The Morgan fingerprint density at radius 1 is 1.19 bits per heavy atom. The van der Waals surface area contributed by atoms with Crippen molar-refractivity contribution in [2.75, 3.05) is 32.7 Å².